The molecule has 4 aliphatic carbocycles. The Balaban J connectivity index is 1.83. The number of hydrogen-bond donors (Lipinski definition) is 1. The predicted molar refractivity (Wildman–Crippen MR) is 62.0 cm³/mol. The van der Waals surface area contributed by atoms with Gasteiger partial charge in [-0.1, -0.05) is 12.2 Å². The van der Waals surface area contributed by atoms with Crippen LogP contribution in [0.25, 0.3) is 0 Å². The van der Waals surface area contributed by atoms with Crippen molar-refractivity contribution in [2.75, 3.05) is 0 Å². The molecule has 4 fully saturated rings. The standard InChI is InChI=1S/C12H19NS/c13-11(14)7-12-4-8-1-9(5-12)3-10(2-8)6-12/h8-10H,1-7H2,(H2,13,14). The van der Waals surface area contributed by atoms with Crippen LogP contribution in [0.4, 0.5) is 0 Å². The van der Waals surface area contributed by atoms with Gasteiger partial charge in [-0.25, -0.2) is 0 Å². The van der Waals surface area contributed by atoms with Crippen molar-refractivity contribution in [1.29, 1.82) is 0 Å². The summed E-state index contributed by atoms with van der Waals surface area (Å²) >= 11 is 5.11. The van der Waals surface area contributed by atoms with E-state index in [1.54, 1.807) is 0 Å². The molecule has 1 nitrogen and oxygen atoms in total. The zero-order valence-electron chi connectivity index (χ0n) is 8.67. The summed E-state index contributed by atoms with van der Waals surface area (Å²) < 4.78 is 0. The van der Waals surface area contributed by atoms with Crippen LogP contribution in [0.5, 0.6) is 0 Å². The highest BCUT2D eigenvalue weighted by Gasteiger charge is 2.50. The summed E-state index contributed by atoms with van der Waals surface area (Å²) in [5.74, 6) is 3.07. The van der Waals surface area contributed by atoms with Crippen LogP contribution in [-0.2, 0) is 0 Å². The van der Waals surface area contributed by atoms with Crippen molar-refractivity contribution in [2.24, 2.45) is 28.9 Å². The largest absolute Gasteiger partial charge is 0.393 e. The first kappa shape index (κ1) is 9.14. The van der Waals surface area contributed by atoms with E-state index in [-0.39, 0.29) is 0 Å². The van der Waals surface area contributed by atoms with Crippen molar-refractivity contribution in [2.45, 2.75) is 44.9 Å². The van der Waals surface area contributed by atoms with Crippen molar-refractivity contribution in [3.8, 4) is 0 Å². The fraction of sp³-hybridized carbons (Fsp3) is 0.917. The average molecular weight is 209 g/mol. The van der Waals surface area contributed by atoms with Crippen LogP contribution in [0.15, 0.2) is 0 Å². The van der Waals surface area contributed by atoms with Crippen LogP contribution in [0, 0.1) is 23.2 Å². The summed E-state index contributed by atoms with van der Waals surface area (Å²) in [5, 5.41) is 0. The Kier molecular flexibility index (Phi) is 1.92. The van der Waals surface area contributed by atoms with Gasteiger partial charge in [-0.3, -0.25) is 0 Å². The first-order valence-corrected chi connectivity index (χ1v) is 6.34. The number of nitrogens with two attached hydrogens (primary N) is 1. The Morgan fingerprint density at radius 3 is 1.86 bits per heavy atom. The molecular weight excluding hydrogens is 190 g/mol. The van der Waals surface area contributed by atoms with E-state index in [1.165, 1.54) is 38.5 Å². The number of hydrogen-bond acceptors (Lipinski definition) is 1. The highest BCUT2D eigenvalue weighted by Crippen LogP contribution is 2.61. The van der Waals surface area contributed by atoms with Crippen molar-refractivity contribution in [3.63, 3.8) is 0 Å². The normalized spacial score (nSPS) is 49.6. The van der Waals surface area contributed by atoms with Gasteiger partial charge in [0.05, 0.1) is 4.99 Å². The minimum Gasteiger partial charge on any atom is -0.393 e. The minimum absolute atomic E-state index is 0.556. The van der Waals surface area contributed by atoms with E-state index in [9.17, 15) is 0 Å². The third-order valence-electron chi connectivity index (χ3n) is 4.71. The molecule has 0 aromatic rings. The molecule has 0 aromatic carbocycles. The maximum atomic E-state index is 5.75. The molecule has 4 saturated carbocycles. The van der Waals surface area contributed by atoms with Crippen molar-refractivity contribution < 1.29 is 0 Å². The fourth-order valence-electron chi connectivity index (χ4n) is 4.88. The van der Waals surface area contributed by atoms with E-state index < -0.39 is 0 Å². The second kappa shape index (κ2) is 2.94. The maximum absolute atomic E-state index is 5.75. The highest BCUT2D eigenvalue weighted by molar-refractivity contribution is 7.80. The summed E-state index contributed by atoms with van der Waals surface area (Å²) in [7, 11) is 0. The SMILES string of the molecule is NC(=S)CC12CC3CC(CC(C3)C1)C2. The first-order chi connectivity index (χ1) is 6.65. The lowest BCUT2D eigenvalue weighted by Crippen LogP contribution is -2.47. The molecule has 0 atom stereocenters. The van der Waals surface area contributed by atoms with Gasteiger partial charge in [0.2, 0.25) is 0 Å². The molecule has 0 aliphatic heterocycles. The van der Waals surface area contributed by atoms with E-state index in [2.05, 4.69) is 0 Å². The number of thiocarbonyl (C=S) groups is 1. The summed E-state index contributed by atoms with van der Waals surface area (Å²) in [6.45, 7) is 0. The van der Waals surface area contributed by atoms with E-state index in [4.69, 9.17) is 18.0 Å². The molecule has 2 heteroatoms. The van der Waals surface area contributed by atoms with Crippen LogP contribution in [-0.4, -0.2) is 4.99 Å². The fourth-order valence-corrected chi connectivity index (χ4v) is 5.18. The lowest BCUT2D eigenvalue weighted by atomic mass is 9.49. The molecule has 78 valence electrons. The molecule has 0 unspecified atom stereocenters. The van der Waals surface area contributed by atoms with Gasteiger partial charge < -0.3 is 5.73 Å². The molecular formula is C12H19NS. The summed E-state index contributed by atoms with van der Waals surface area (Å²) in [6.07, 6.45) is 9.85. The Labute approximate surface area is 91.4 Å². The van der Waals surface area contributed by atoms with Gasteiger partial charge in [0, 0.05) is 6.42 Å². The topological polar surface area (TPSA) is 26.0 Å². The second-order valence-electron chi connectivity index (χ2n) is 6.06. The maximum Gasteiger partial charge on any atom is 0.0732 e. The quantitative estimate of drug-likeness (QED) is 0.708. The molecule has 0 radical (unpaired) electrons. The zero-order chi connectivity index (χ0) is 9.76. The Hall–Kier alpha value is -0.110. The lowest BCUT2D eigenvalue weighted by molar-refractivity contribution is -0.0480. The van der Waals surface area contributed by atoms with Gasteiger partial charge in [-0.2, -0.15) is 0 Å². The van der Waals surface area contributed by atoms with Crippen LogP contribution < -0.4 is 5.73 Å². The second-order valence-corrected chi connectivity index (χ2v) is 6.59. The molecule has 0 aromatic heterocycles. The van der Waals surface area contributed by atoms with Crippen LogP contribution in [0.2, 0.25) is 0 Å². The lowest BCUT2D eigenvalue weighted by Gasteiger charge is -2.56. The minimum atomic E-state index is 0.556. The molecule has 14 heavy (non-hydrogen) atoms. The van der Waals surface area contributed by atoms with Crippen LogP contribution in [0.1, 0.15) is 44.9 Å². The van der Waals surface area contributed by atoms with Crippen molar-refractivity contribution >= 4 is 17.2 Å². The highest BCUT2D eigenvalue weighted by atomic mass is 32.1. The molecule has 0 heterocycles. The first-order valence-electron chi connectivity index (χ1n) is 5.93. The van der Waals surface area contributed by atoms with Crippen LogP contribution >= 0.6 is 12.2 Å². The Morgan fingerprint density at radius 1 is 1.07 bits per heavy atom. The van der Waals surface area contributed by atoms with Crippen molar-refractivity contribution in [3.05, 3.63) is 0 Å². The third kappa shape index (κ3) is 1.39. The number of rotatable bonds is 2. The molecule has 0 amide bonds. The monoisotopic (exact) mass is 209 g/mol. The molecule has 0 spiro atoms. The van der Waals surface area contributed by atoms with E-state index >= 15 is 0 Å². The smallest absolute Gasteiger partial charge is 0.0732 e. The molecule has 4 rings (SSSR count). The van der Waals surface area contributed by atoms with Gasteiger partial charge in [0.25, 0.3) is 0 Å². The van der Waals surface area contributed by atoms with Gasteiger partial charge in [-0.15, -0.1) is 0 Å². The van der Waals surface area contributed by atoms with Crippen molar-refractivity contribution in [1.82, 2.24) is 0 Å². The molecule has 4 bridgehead atoms. The van der Waals surface area contributed by atoms with Gasteiger partial charge >= 0.3 is 0 Å². The van der Waals surface area contributed by atoms with Gasteiger partial charge in [-0.05, 0) is 61.7 Å². The average Bonchev–Trinajstić information content (AvgIpc) is 1.96. The predicted octanol–water partition coefficient (Wildman–Crippen LogP) is 2.88. The summed E-state index contributed by atoms with van der Waals surface area (Å²) in [5.41, 5.74) is 6.30. The van der Waals surface area contributed by atoms with Gasteiger partial charge in [0.1, 0.15) is 0 Å². The molecule has 0 saturated heterocycles. The third-order valence-corrected chi connectivity index (χ3v) is 4.86. The van der Waals surface area contributed by atoms with E-state index in [1.807, 2.05) is 0 Å². The molecule has 2 N–H and O–H groups in total. The zero-order valence-corrected chi connectivity index (χ0v) is 9.48. The van der Waals surface area contributed by atoms with Crippen LogP contribution in [0.3, 0.4) is 0 Å². The summed E-state index contributed by atoms with van der Waals surface area (Å²) in [6, 6.07) is 0. The summed E-state index contributed by atoms with van der Waals surface area (Å²) in [4.78, 5) is 0.756. The van der Waals surface area contributed by atoms with E-state index in [0.29, 0.717) is 5.41 Å². The van der Waals surface area contributed by atoms with Gasteiger partial charge in [0.15, 0.2) is 0 Å². The Morgan fingerprint density at radius 2 is 1.50 bits per heavy atom. The van der Waals surface area contributed by atoms with E-state index in [0.717, 1.165) is 29.2 Å². The Bertz CT molecular complexity index is 236. The molecule has 4 aliphatic rings.